The first kappa shape index (κ1) is 20.6. The van der Waals surface area contributed by atoms with E-state index < -0.39 is 0 Å². The summed E-state index contributed by atoms with van der Waals surface area (Å²) in [4.78, 5) is 17.8. The van der Waals surface area contributed by atoms with Crippen LogP contribution >= 0.6 is 0 Å². The maximum absolute atomic E-state index is 12.8. The number of rotatable bonds is 8. The monoisotopic (exact) mass is 379 g/mol. The minimum Gasteiger partial charge on any atom is -0.351 e. The molecule has 4 heteroatoms. The lowest BCUT2D eigenvalue weighted by Crippen LogP contribution is -2.45. The van der Waals surface area contributed by atoms with Crippen molar-refractivity contribution in [1.82, 2.24) is 15.1 Å². The zero-order chi connectivity index (χ0) is 19.8. The van der Waals surface area contributed by atoms with Crippen molar-refractivity contribution in [2.45, 2.75) is 39.3 Å². The van der Waals surface area contributed by atoms with Crippen molar-refractivity contribution in [3.8, 4) is 0 Å². The molecule has 1 N–H and O–H groups in total. The van der Waals surface area contributed by atoms with Crippen molar-refractivity contribution >= 4 is 5.91 Å². The second-order valence-corrected chi connectivity index (χ2v) is 7.57. The molecule has 1 atom stereocenters. The lowest BCUT2D eigenvalue weighted by atomic mass is 9.95. The van der Waals surface area contributed by atoms with Gasteiger partial charge in [-0.15, -0.1) is 0 Å². The van der Waals surface area contributed by atoms with Gasteiger partial charge in [0, 0.05) is 39.3 Å². The van der Waals surface area contributed by atoms with Crippen LogP contribution in [0.15, 0.2) is 54.6 Å². The van der Waals surface area contributed by atoms with Gasteiger partial charge in [-0.1, -0.05) is 68.4 Å². The highest BCUT2D eigenvalue weighted by Gasteiger charge is 2.19. The molecule has 2 aromatic carbocycles. The number of nitrogens with one attached hydrogen (secondary N) is 1. The van der Waals surface area contributed by atoms with Gasteiger partial charge in [-0.3, -0.25) is 9.69 Å². The van der Waals surface area contributed by atoms with Crippen molar-refractivity contribution in [2.24, 2.45) is 0 Å². The maximum Gasteiger partial charge on any atom is 0.227 e. The van der Waals surface area contributed by atoms with Crippen molar-refractivity contribution in [1.29, 1.82) is 0 Å². The van der Waals surface area contributed by atoms with Gasteiger partial charge >= 0.3 is 0 Å². The molecule has 0 spiro atoms. The summed E-state index contributed by atoms with van der Waals surface area (Å²) in [5.74, 6) is 0.0237. The minimum absolute atomic E-state index is 0.0875. The molecular formula is C24H33N3O. The zero-order valence-electron chi connectivity index (χ0n) is 17.2. The van der Waals surface area contributed by atoms with Crippen LogP contribution in [0.2, 0.25) is 0 Å². The van der Waals surface area contributed by atoms with Gasteiger partial charge < -0.3 is 10.2 Å². The molecule has 1 fully saturated rings. The Balaban J connectivity index is 1.59. The summed E-state index contributed by atoms with van der Waals surface area (Å²) in [6.45, 7) is 11.5. The number of benzene rings is 2. The first-order valence-electron chi connectivity index (χ1n) is 10.5. The van der Waals surface area contributed by atoms with Crippen LogP contribution in [0.3, 0.4) is 0 Å². The van der Waals surface area contributed by atoms with E-state index in [9.17, 15) is 4.79 Å². The fourth-order valence-electron chi connectivity index (χ4n) is 3.95. The van der Waals surface area contributed by atoms with E-state index in [1.165, 1.54) is 11.1 Å². The van der Waals surface area contributed by atoms with Crippen LogP contribution in [0.4, 0.5) is 0 Å². The number of hydrogen-bond acceptors (Lipinski definition) is 3. The Morgan fingerprint density at radius 2 is 1.50 bits per heavy atom. The number of carbonyl (C=O) groups excluding carboxylic acids is 1. The SMILES string of the molecule is CC[C@@H](C(=O)NCc1ccccc1CN1CCN(CC)CC1)c1ccccc1. The van der Waals surface area contributed by atoms with Crippen LogP contribution in [0.5, 0.6) is 0 Å². The third-order valence-electron chi connectivity index (χ3n) is 5.80. The normalized spacial score (nSPS) is 16.6. The topological polar surface area (TPSA) is 35.6 Å². The summed E-state index contributed by atoms with van der Waals surface area (Å²) >= 11 is 0. The summed E-state index contributed by atoms with van der Waals surface area (Å²) in [7, 11) is 0. The summed E-state index contributed by atoms with van der Waals surface area (Å²) < 4.78 is 0. The van der Waals surface area contributed by atoms with E-state index in [1.54, 1.807) is 0 Å². The first-order valence-corrected chi connectivity index (χ1v) is 10.5. The van der Waals surface area contributed by atoms with Crippen LogP contribution in [0.1, 0.15) is 42.9 Å². The van der Waals surface area contributed by atoms with Crippen LogP contribution in [0, 0.1) is 0 Å². The summed E-state index contributed by atoms with van der Waals surface area (Å²) in [6.07, 6.45) is 0.805. The Bertz CT molecular complexity index is 739. The van der Waals surface area contributed by atoms with Crippen LogP contribution in [-0.2, 0) is 17.9 Å². The molecule has 0 bridgehead atoms. The van der Waals surface area contributed by atoms with Gasteiger partial charge in [0.25, 0.3) is 0 Å². The lowest BCUT2D eigenvalue weighted by Gasteiger charge is -2.34. The number of carbonyl (C=O) groups is 1. The van der Waals surface area contributed by atoms with E-state index in [4.69, 9.17) is 0 Å². The molecule has 0 aliphatic carbocycles. The van der Waals surface area contributed by atoms with Crippen LogP contribution in [-0.4, -0.2) is 48.4 Å². The van der Waals surface area contributed by atoms with Gasteiger partial charge in [0.2, 0.25) is 5.91 Å². The average Bonchev–Trinajstić information content (AvgIpc) is 2.75. The van der Waals surface area contributed by atoms with Gasteiger partial charge in [-0.05, 0) is 29.7 Å². The molecule has 4 nitrogen and oxygen atoms in total. The number of nitrogens with zero attached hydrogens (tertiary/aromatic N) is 2. The van der Waals surface area contributed by atoms with Gasteiger partial charge in [-0.2, -0.15) is 0 Å². The molecule has 3 rings (SSSR count). The molecule has 1 aliphatic rings. The van der Waals surface area contributed by atoms with Gasteiger partial charge in [-0.25, -0.2) is 0 Å². The molecule has 1 amide bonds. The van der Waals surface area contributed by atoms with E-state index in [0.29, 0.717) is 6.54 Å². The van der Waals surface area contributed by atoms with E-state index in [0.717, 1.165) is 51.3 Å². The smallest absolute Gasteiger partial charge is 0.227 e. The molecular weight excluding hydrogens is 346 g/mol. The Labute approximate surface area is 169 Å². The highest BCUT2D eigenvalue weighted by Crippen LogP contribution is 2.20. The van der Waals surface area contributed by atoms with Gasteiger partial charge in [0.1, 0.15) is 0 Å². The average molecular weight is 380 g/mol. The minimum atomic E-state index is -0.0875. The number of hydrogen-bond donors (Lipinski definition) is 1. The van der Waals surface area contributed by atoms with Gasteiger partial charge in [0.05, 0.1) is 5.92 Å². The van der Waals surface area contributed by atoms with Crippen molar-refractivity contribution in [3.63, 3.8) is 0 Å². The van der Waals surface area contributed by atoms with E-state index >= 15 is 0 Å². The number of likely N-dealkylation sites (N-methyl/N-ethyl adjacent to an activating group) is 1. The molecule has 1 saturated heterocycles. The predicted octanol–water partition coefficient (Wildman–Crippen LogP) is 3.63. The second-order valence-electron chi connectivity index (χ2n) is 7.57. The molecule has 28 heavy (non-hydrogen) atoms. The fourth-order valence-corrected chi connectivity index (χ4v) is 3.95. The molecule has 0 saturated carbocycles. The van der Waals surface area contributed by atoms with Crippen LogP contribution < -0.4 is 5.32 Å². The Kier molecular flexibility index (Phi) is 7.63. The van der Waals surface area contributed by atoms with E-state index in [1.807, 2.05) is 30.3 Å². The van der Waals surface area contributed by atoms with E-state index in [-0.39, 0.29) is 11.8 Å². The summed E-state index contributed by atoms with van der Waals surface area (Å²) in [5.41, 5.74) is 3.63. The molecule has 1 heterocycles. The summed E-state index contributed by atoms with van der Waals surface area (Å²) in [5, 5.41) is 3.18. The molecule has 2 aromatic rings. The number of piperazine rings is 1. The maximum atomic E-state index is 12.8. The summed E-state index contributed by atoms with van der Waals surface area (Å²) in [6, 6.07) is 18.6. The highest BCUT2D eigenvalue weighted by atomic mass is 16.1. The Hall–Kier alpha value is -2.17. The Morgan fingerprint density at radius 1 is 0.893 bits per heavy atom. The third-order valence-corrected chi connectivity index (χ3v) is 5.80. The second kappa shape index (κ2) is 10.4. The standard InChI is InChI=1S/C24H33N3O/c1-3-23(20-10-6-5-7-11-20)24(28)25-18-21-12-8-9-13-22(21)19-27-16-14-26(4-2)15-17-27/h5-13,23H,3-4,14-19H2,1-2H3,(H,25,28)/t23-/m1/s1. The highest BCUT2D eigenvalue weighted by molar-refractivity contribution is 5.83. The molecule has 0 unspecified atom stereocenters. The van der Waals surface area contributed by atoms with Crippen molar-refractivity contribution < 1.29 is 4.79 Å². The predicted molar refractivity (Wildman–Crippen MR) is 115 cm³/mol. The number of amides is 1. The first-order chi connectivity index (χ1) is 13.7. The van der Waals surface area contributed by atoms with Crippen LogP contribution in [0.25, 0.3) is 0 Å². The zero-order valence-corrected chi connectivity index (χ0v) is 17.2. The Morgan fingerprint density at radius 3 is 2.14 bits per heavy atom. The lowest BCUT2D eigenvalue weighted by molar-refractivity contribution is -0.122. The molecule has 0 radical (unpaired) electrons. The van der Waals surface area contributed by atoms with Gasteiger partial charge in [0.15, 0.2) is 0 Å². The molecule has 1 aliphatic heterocycles. The quantitative estimate of drug-likeness (QED) is 0.761. The third kappa shape index (κ3) is 5.43. The van der Waals surface area contributed by atoms with E-state index in [2.05, 4.69) is 53.2 Å². The fraction of sp³-hybridized carbons (Fsp3) is 0.458. The molecule has 150 valence electrons. The molecule has 0 aromatic heterocycles. The van der Waals surface area contributed by atoms with Crippen molar-refractivity contribution in [2.75, 3.05) is 32.7 Å². The largest absolute Gasteiger partial charge is 0.351 e. The van der Waals surface area contributed by atoms with Crippen molar-refractivity contribution in [3.05, 3.63) is 71.3 Å².